The van der Waals surface area contributed by atoms with Crippen LogP contribution in [0.25, 0.3) is 0 Å². The normalized spacial score (nSPS) is 11.7. The SMILES string of the molecule is CCC(CC)(CBr)COc1c(I)cc(I)cc1I. The van der Waals surface area contributed by atoms with Crippen LogP contribution in [0.3, 0.4) is 0 Å². The Morgan fingerprint density at radius 2 is 1.61 bits per heavy atom. The Bertz CT molecular complexity index is 374. The molecule has 0 spiro atoms. The summed E-state index contributed by atoms with van der Waals surface area (Å²) in [5.74, 6) is 1.03. The zero-order valence-corrected chi connectivity index (χ0v) is 18.5. The lowest BCUT2D eigenvalue weighted by Crippen LogP contribution is -2.29. The Kier molecular flexibility index (Phi) is 8.09. The second-order valence-corrected chi connectivity index (χ2v) is 8.46. The minimum atomic E-state index is 0.245. The second kappa shape index (κ2) is 8.21. The highest BCUT2D eigenvalue weighted by Crippen LogP contribution is 2.34. The molecule has 0 radical (unpaired) electrons. The molecular weight excluding hydrogens is 633 g/mol. The van der Waals surface area contributed by atoms with Crippen molar-refractivity contribution in [1.82, 2.24) is 0 Å². The van der Waals surface area contributed by atoms with Crippen LogP contribution in [0.4, 0.5) is 0 Å². The molecule has 0 bridgehead atoms. The highest BCUT2D eigenvalue weighted by molar-refractivity contribution is 14.1. The first-order valence-electron chi connectivity index (χ1n) is 5.81. The van der Waals surface area contributed by atoms with Crippen molar-refractivity contribution in [2.75, 3.05) is 11.9 Å². The van der Waals surface area contributed by atoms with E-state index in [1.807, 2.05) is 0 Å². The summed E-state index contributed by atoms with van der Waals surface area (Å²) < 4.78 is 9.76. The predicted octanol–water partition coefficient (Wildman–Crippen LogP) is 6.08. The van der Waals surface area contributed by atoms with Gasteiger partial charge in [-0.3, -0.25) is 0 Å². The quantitative estimate of drug-likeness (QED) is 0.269. The van der Waals surface area contributed by atoms with Gasteiger partial charge in [-0.05, 0) is 92.7 Å². The minimum absolute atomic E-state index is 0.245. The van der Waals surface area contributed by atoms with Crippen LogP contribution in [0.15, 0.2) is 12.1 Å². The average molecular weight is 649 g/mol. The molecule has 0 amide bonds. The molecule has 5 heteroatoms. The van der Waals surface area contributed by atoms with E-state index in [0.29, 0.717) is 0 Å². The maximum Gasteiger partial charge on any atom is 0.146 e. The van der Waals surface area contributed by atoms with E-state index in [9.17, 15) is 0 Å². The van der Waals surface area contributed by atoms with E-state index in [1.54, 1.807) is 0 Å². The van der Waals surface area contributed by atoms with Crippen molar-refractivity contribution in [1.29, 1.82) is 0 Å². The molecule has 0 N–H and O–H groups in total. The van der Waals surface area contributed by atoms with Gasteiger partial charge in [0.05, 0.1) is 13.7 Å². The molecule has 0 aliphatic carbocycles. The number of alkyl halides is 1. The summed E-state index contributed by atoms with van der Waals surface area (Å²) in [4.78, 5) is 0. The van der Waals surface area contributed by atoms with Gasteiger partial charge in [0.25, 0.3) is 0 Å². The van der Waals surface area contributed by atoms with E-state index < -0.39 is 0 Å². The van der Waals surface area contributed by atoms with Gasteiger partial charge in [-0.1, -0.05) is 29.8 Å². The number of halogens is 4. The van der Waals surface area contributed by atoms with Crippen molar-refractivity contribution in [3.8, 4) is 5.75 Å². The third-order valence-corrected chi connectivity index (χ3v) is 6.68. The minimum Gasteiger partial charge on any atom is -0.491 e. The Morgan fingerprint density at radius 1 is 1.11 bits per heavy atom. The standard InChI is InChI=1S/C13H16BrI3O/c1-3-13(4-2,7-14)8-18-12-10(16)5-9(15)6-11(12)17/h5-6H,3-4,7-8H2,1-2H3. The maximum atomic E-state index is 6.11. The summed E-state index contributed by atoms with van der Waals surface area (Å²) in [6.45, 7) is 5.24. The van der Waals surface area contributed by atoms with Crippen LogP contribution in [0.5, 0.6) is 5.75 Å². The van der Waals surface area contributed by atoms with Gasteiger partial charge in [-0.25, -0.2) is 0 Å². The van der Waals surface area contributed by atoms with Gasteiger partial charge in [0.2, 0.25) is 0 Å². The molecule has 0 saturated carbocycles. The molecule has 18 heavy (non-hydrogen) atoms. The molecule has 0 saturated heterocycles. The zero-order chi connectivity index (χ0) is 13.8. The van der Waals surface area contributed by atoms with Crippen LogP contribution in [0.2, 0.25) is 0 Å². The van der Waals surface area contributed by atoms with Gasteiger partial charge >= 0.3 is 0 Å². The maximum absolute atomic E-state index is 6.11. The van der Waals surface area contributed by atoms with Crippen molar-refractivity contribution in [3.05, 3.63) is 22.8 Å². The van der Waals surface area contributed by atoms with Crippen LogP contribution >= 0.6 is 83.7 Å². The molecule has 0 aliphatic heterocycles. The van der Waals surface area contributed by atoms with Crippen molar-refractivity contribution >= 4 is 83.7 Å². The number of hydrogen-bond acceptors (Lipinski definition) is 1. The Hall–Kier alpha value is 1.69. The van der Waals surface area contributed by atoms with E-state index in [1.165, 1.54) is 10.7 Å². The smallest absolute Gasteiger partial charge is 0.146 e. The number of hydrogen-bond donors (Lipinski definition) is 0. The molecule has 0 fully saturated rings. The molecule has 102 valence electrons. The molecule has 1 nitrogen and oxygen atoms in total. The molecule has 0 atom stereocenters. The van der Waals surface area contributed by atoms with E-state index in [-0.39, 0.29) is 5.41 Å². The predicted molar refractivity (Wildman–Crippen MR) is 107 cm³/mol. The van der Waals surface area contributed by atoms with Gasteiger partial charge in [0.15, 0.2) is 0 Å². The lowest BCUT2D eigenvalue weighted by Gasteiger charge is -2.29. The largest absolute Gasteiger partial charge is 0.491 e. The average Bonchev–Trinajstić information content (AvgIpc) is 2.33. The lowest BCUT2D eigenvalue weighted by molar-refractivity contribution is 0.156. The van der Waals surface area contributed by atoms with Gasteiger partial charge in [-0.15, -0.1) is 0 Å². The number of rotatable bonds is 6. The topological polar surface area (TPSA) is 9.23 Å². The summed E-state index contributed by atoms with van der Waals surface area (Å²) >= 11 is 10.7. The third kappa shape index (κ3) is 4.61. The van der Waals surface area contributed by atoms with E-state index in [4.69, 9.17) is 4.74 Å². The fourth-order valence-electron chi connectivity index (χ4n) is 1.57. The summed E-state index contributed by atoms with van der Waals surface area (Å²) in [5, 5.41) is 0.991. The van der Waals surface area contributed by atoms with Crippen LogP contribution in [0, 0.1) is 16.1 Å². The van der Waals surface area contributed by atoms with Crippen molar-refractivity contribution < 1.29 is 4.74 Å². The van der Waals surface area contributed by atoms with Gasteiger partial charge in [0.1, 0.15) is 5.75 Å². The van der Waals surface area contributed by atoms with Gasteiger partial charge < -0.3 is 4.74 Å². The summed E-state index contributed by atoms with van der Waals surface area (Å²) in [7, 11) is 0. The Labute approximate surface area is 159 Å². The van der Waals surface area contributed by atoms with Crippen molar-refractivity contribution in [2.45, 2.75) is 26.7 Å². The van der Waals surface area contributed by atoms with Crippen LogP contribution in [-0.4, -0.2) is 11.9 Å². The van der Waals surface area contributed by atoms with Crippen LogP contribution in [0.1, 0.15) is 26.7 Å². The number of ether oxygens (including phenoxy) is 1. The van der Waals surface area contributed by atoms with Crippen LogP contribution in [-0.2, 0) is 0 Å². The highest BCUT2D eigenvalue weighted by atomic mass is 127. The molecular formula is C13H16BrI3O. The summed E-state index contributed by atoms with van der Waals surface area (Å²) in [6, 6.07) is 4.32. The van der Waals surface area contributed by atoms with E-state index in [2.05, 4.69) is 110 Å². The number of benzene rings is 1. The van der Waals surface area contributed by atoms with Gasteiger partial charge in [-0.2, -0.15) is 0 Å². The third-order valence-electron chi connectivity index (χ3n) is 3.27. The lowest BCUT2D eigenvalue weighted by atomic mass is 9.86. The van der Waals surface area contributed by atoms with Gasteiger partial charge in [0, 0.05) is 14.3 Å². The van der Waals surface area contributed by atoms with Crippen LogP contribution < -0.4 is 4.74 Å². The molecule has 0 unspecified atom stereocenters. The Balaban J connectivity index is 2.86. The molecule has 0 heterocycles. The summed E-state index contributed by atoms with van der Waals surface area (Å²) in [6.07, 6.45) is 2.26. The molecule has 1 aromatic carbocycles. The fraction of sp³-hybridized carbons (Fsp3) is 0.538. The second-order valence-electron chi connectivity index (χ2n) is 4.33. The van der Waals surface area contributed by atoms with E-state index in [0.717, 1.165) is 30.5 Å². The molecule has 1 aromatic rings. The van der Waals surface area contributed by atoms with E-state index >= 15 is 0 Å². The summed E-state index contributed by atoms with van der Waals surface area (Å²) in [5.41, 5.74) is 0.245. The first-order valence-corrected chi connectivity index (χ1v) is 10.2. The zero-order valence-electron chi connectivity index (χ0n) is 10.4. The monoisotopic (exact) mass is 648 g/mol. The highest BCUT2D eigenvalue weighted by Gasteiger charge is 2.26. The molecule has 0 aliphatic rings. The molecule has 1 rings (SSSR count). The van der Waals surface area contributed by atoms with Crippen molar-refractivity contribution in [3.63, 3.8) is 0 Å². The fourth-order valence-corrected chi connectivity index (χ4v) is 6.42. The molecule has 0 aromatic heterocycles. The first kappa shape index (κ1) is 17.7. The first-order chi connectivity index (χ1) is 8.48. The van der Waals surface area contributed by atoms with Crippen molar-refractivity contribution in [2.24, 2.45) is 5.41 Å². The Morgan fingerprint density at radius 3 is 2.00 bits per heavy atom.